The number of anilines is 1. The van der Waals surface area contributed by atoms with Crippen molar-refractivity contribution in [2.75, 3.05) is 18.5 Å². The van der Waals surface area contributed by atoms with Crippen LogP contribution in [0.2, 0.25) is 5.02 Å². The molecule has 30 heavy (non-hydrogen) atoms. The molecule has 0 spiro atoms. The lowest BCUT2D eigenvalue weighted by molar-refractivity contribution is -0.144. The van der Waals surface area contributed by atoms with Gasteiger partial charge in [0.1, 0.15) is 18.1 Å². The maximum atomic E-state index is 12.6. The average molecular weight is 437 g/mol. The van der Waals surface area contributed by atoms with Crippen LogP contribution < -0.4 is 10.6 Å². The number of nitrogens with one attached hydrogen (secondary N) is 2. The minimum Gasteiger partial charge on any atom is -0.464 e. The average Bonchev–Trinajstić information content (AvgIpc) is 3.08. The second-order valence-electron chi connectivity index (χ2n) is 6.79. The fraction of sp³-hybridized carbons (Fsp3) is 0.400. The number of pyridine rings is 1. The van der Waals surface area contributed by atoms with Crippen molar-refractivity contribution < 1.29 is 23.9 Å². The van der Waals surface area contributed by atoms with Crippen LogP contribution in [0.3, 0.4) is 0 Å². The molecule has 0 atom stereocenters. The highest BCUT2D eigenvalue weighted by atomic mass is 35.5. The lowest BCUT2D eigenvalue weighted by Crippen LogP contribution is -2.29. The molecule has 0 aromatic carbocycles. The Morgan fingerprint density at radius 2 is 1.87 bits per heavy atom. The molecule has 2 rings (SSSR count). The van der Waals surface area contributed by atoms with Gasteiger partial charge in [-0.1, -0.05) is 11.6 Å². The van der Waals surface area contributed by atoms with Gasteiger partial charge < -0.3 is 24.7 Å². The second-order valence-corrected chi connectivity index (χ2v) is 7.20. The summed E-state index contributed by atoms with van der Waals surface area (Å²) >= 11 is 6.33. The van der Waals surface area contributed by atoms with Crippen LogP contribution in [0.15, 0.2) is 24.5 Å². The summed E-state index contributed by atoms with van der Waals surface area (Å²) in [5.74, 6) is -0.671. The zero-order valence-corrected chi connectivity index (χ0v) is 18.1. The van der Waals surface area contributed by atoms with E-state index in [9.17, 15) is 14.4 Å². The molecule has 2 N–H and O–H groups in total. The van der Waals surface area contributed by atoms with Crippen LogP contribution in [-0.4, -0.2) is 46.6 Å². The molecule has 1 amide bonds. The molecule has 0 unspecified atom stereocenters. The Balaban J connectivity index is 2.31. The van der Waals surface area contributed by atoms with E-state index in [0.717, 1.165) is 0 Å². The summed E-state index contributed by atoms with van der Waals surface area (Å²) in [5, 5.41) is 6.28. The van der Waals surface area contributed by atoms with Crippen LogP contribution >= 0.6 is 11.6 Å². The molecule has 2 heterocycles. The number of rotatable bonds is 9. The van der Waals surface area contributed by atoms with E-state index in [0.29, 0.717) is 22.0 Å². The van der Waals surface area contributed by atoms with Crippen molar-refractivity contribution in [2.45, 2.75) is 40.5 Å². The van der Waals surface area contributed by atoms with E-state index >= 15 is 0 Å². The van der Waals surface area contributed by atoms with Crippen LogP contribution in [0.4, 0.5) is 5.82 Å². The topological polar surface area (TPSA) is 112 Å². The van der Waals surface area contributed by atoms with Crippen molar-refractivity contribution in [2.24, 2.45) is 0 Å². The highest BCUT2D eigenvalue weighted by Gasteiger charge is 2.17. The van der Waals surface area contributed by atoms with Crippen LogP contribution in [0.25, 0.3) is 11.1 Å². The Kier molecular flexibility index (Phi) is 8.23. The number of esters is 2. The van der Waals surface area contributed by atoms with Crippen LogP contribution in [0.1, 0.15) is 38.2 Å². The molecule has 9 nitrogen and oxygen atoms in total. The van der Waals surface area contributed by atoms with Gasteiger partial charge in [-0.15, -0.1) is 0 Å². The molecule has 0 bridgehead atoms. The molecule has 0 saturated carbocycles. The number of halogens is 1. The summed E-state index contributed by atoms with van der Waals surface area (Å²) < 4.78 is 11.4. The maximum absolute atomic E-state index is 12.6. The molecular formula is C20H25ClN4O5. The summed E-state index contributed by atoms with van der Waals surface area (Å²) in [5.41, 5.74) is 1.59. The molecule has 2 aromatic heterocycles. The normalized spacial score (nSPS) is 10.6. The van der Waals surface area contributed by atoms with Gasteiger partial charge in [0.05, 0.1) is 11.6 Å². The van der Waals surface area contributed by atoms with Crippen molar-refractivity contribution in [3.05, 3.63) is 35.2 Å². The minimum absolute atomic E-state index is 0.0546. The molecular weight excluding hydrogens is 412 g/mol. The third kappa shape index (κ3) is 6.77. The van der Waals surface area contributed by atoms with Crippen LogP contribution in [0.5, 0.6) is 0 Å². The van der Waals surface area contributed by atoms with Crippen molar-refractivity contribution in [3.63, 3.8) is 0 Å². The Labute approximate surface area is 179 Å². The van der Waals surface area contributed by atoms with Crippen molar-refractivity contribution >= 4 is 35.3 Å². The monoisotopic (exact) mass is 436 g/mol. The molecule has 0 saturated heterocycles. The molecule has 0 radical (unpaired) electrons. The molecule has 0 aliphatic carbocycles. The van der Waals surface area contributed by atoms with Crippen LogP contribution in [0, 0.1) is 0 Å². The van der Waals surface area contributed by atoms with Gasteiger partial charge in [0.2, 0.25) is 0 Å². The van der Waals surface area contributed by atoms with E-state index in [1.54, 1.807) is 18.3 Å². The molecule has 10 heteroatoms. The predicted octanol–water partition coefficient (Wildman–Crippen LogP) is 2.84. The van der Waals surface area contributed by atoms with E-state index < -0.39 is 17.8 Å². The number of nitrogens with zero attached hydrogens (tertiary/aromatic N) is 2. The quantitative estimate of drug-likeness (QED) is 0.459. The first-order chi connectivity index (χ1) is 14.2. The summed E-state index contributed by atoms with van der Waals surface area (Å²) in [6.45, 7) is 6.62. The van der Waals surface area contributed by atoms with Crippen LogP contribution in [-0.2, 0) is 25.8 Å². The number of hydrogen-bond acceptors (Lipinski definition) is 7. The highest BCUT2D eigenvalue weighted by Crippen LogP contribution is 2.31. The Morgan fingerprint density at radius 3 is 2.50 bits per heavy atom. The van der Waals surface area contributed by atoms with Crippen molar-refractivity contribution in [1.82, 2.24) is 14.9 Å². The maximum Gasteiger partial charge on any atom is 0.304 e. The number of amides is 1. The molecule has 0 aliphatic heterocycles. The summed E-state index contributed by atoms with van der Waals surface area (Å²) in [4.78, 5) is 38.9. The number of carbonyl (C=O) groups is 3. The van der Waals surface area contributed by atoms with E-state index in [1.807, 2.05) is 13.8 Å². The lowest BCUT2D eigenvalue weighted by atomic mass is 10.1. The second kappa shape index (κ2) is 10.6. The zero-order valence-electron chi connectivity index (χ0n) is 17.3. The standard InChI is InChI=1S/C20H25ClN4O5/c1-12(2)24-19-8-16(17(21)9-23-19)15-7-18(25(10-15)11-30-14(4)27)20(28)22-5-6-29-13(3)26/h7-10,12H,5-6,11H2,1-4H3,(H,22,28)(H,23,24). The smallest absolute Gasteiger partial charge is 0.304 e. The van der Waals surface area contributed by atoms with Gasteiger partial charge in [-0.25, -0.2) is 4.98 Å². The van der Waals surface area contributed by atoms with Gasteiger partial charge in [-0.05, 0) is 26.0 Å². The van der Waals surface area contributed by atoms with Gasteiger partial charge in [0, 0.05) is 43.4 Å². The Hall–Kier alpha value is -3.07. The van der Waals surface area contributed by atoms with Gasteiger partial charge in [-0.2, -0.15) is 0 Å². The van der Waals surface area contributed by atoms with E-state index in [-0.39, 0.29) is 31.6 Å². The van der Waals surface area contributed by atoms with E-state index in [2.05, 4.69) is 15.6 Å². The summed E-state index contributed by atoms with van der Waals surface area (Å²) in [6, 6.07) is 3.61. The van der Waals surface area contributed by atoms with Gasteiger partial charge >= 0.3 is 11.9 Å². The van der Waals surface area contributed by atoms with E-state index in [4.69, 9.17) is 21.1 Å². The largest absolute Gasteiger partial charge is 0.464 e. The fourth-order valence-corrected chi connectivity index (χ4v) is 2.81. The highest BCUT2D eigenvalue weighted by molar-refractivity contribution is 6.33. The minimum atomic E-state index is -0.475. The zero-order chi connectivity index (χ0) is 22.3. The predicted molar refractivity (Wildman–Crippen MR) is 112 cm³/mol. The fourth-order valence-electron chi connectivity index (χ4n) is 2.60. The molecule has 2 aromatic rings. The van der Waals surface area contributed by atoms with Gasteiger partial charge in [0.25, 0.3) is 5.91 Å². The number of carbonyl (C=O) groups excluding carboxylic acids is 3. The number of ether oxygens (including phenoxy) is 2. The Morgan fingerprint density at radius 1 is 1.17 bits per heavy atom. The SMILES string of the molecule is CC(=O)OCCNC(=O)c1cc(-c2cc(NC(C)C)ncc2Cl)cn1COC(C)=O. The third-order valence-corrected chi connectivity index (χ3v) is 4.13. The Bertz CT molecular complexity index is 926. The first-order valence-electron chi connectivity index (χ1n) is 9.35. The van der Waals surface area contributed by atoms with E-state index in [1.165, 1.54) is 24.6 Å². The van der Waals surface area contributed by atoms with Gasteiger partial charge in [-0.3, -0.25) is 14.4 Å². The van der Waals surface area contributed by atoms with Crippen molar-refractivity contribution in [1.29, 1.82) is 0 Å². The first-order valence-corrected chi connectivity index (χ1v) is 9.72. The number of aromatic nitrogens is 2. The van der Waals surface area contributed by atoms with Gasteiger partial charge in [0.15, 0.2) is 6.73 Å². The number of hydrogen-bond donors (Lipinski definition) is 2. The first kappa shape index (κ1) is 23.2. The summed E-state index contributed by atoms with van der Waals surface area (Å²) in [7, 11) is 0. The third-order valence-electron chi connectivity index (χ3n) is 3.83. The summed E-state index contributed by atoms with van der Waals surface area (Å²) in [6.07, 6.45) is 3.20. The van der Waals surface area contributed by atoms with Crippen molar-refractivity contribution in [3.8, 4) is 11.1 Å². The molecule has 0 fully saturated rings. The lowest BCUT2D eigenvalue weighted by Gasteiger charge is -2.11. The molecule has 0 aliphatic rings. The molecule has 162 valence electrons.